The number of hydrogen-bond acceptors (Lipinski definition) is 6. The molecule has 0 spiro atoms. The Bertz CT molecular complexity index is 1720. The standard InChI is InChI=1S/C28H26BClN2O6S/c1-39(35,36)32(13-16-2-9-24-20(10-16)15-37-29(24)34)14-19-11-25-23(12-22(19)17-3-4-17)26(28(31)33)27(38-25)18-5-7-21(30)8-6-18/h2,5-12,17,34H,3-4,13-15H2,1H3,(H2,31,33). The lowest BCUT2D eigenvalue weighted by molar-refractivity contribution is 0.100. The van der Waals surface area contributed by atoms with E-state index in [9.17, 15) is 18.2 Å². The van der Waals surface area contributed by atoms with Crippen molar-refractivity contribution in [1.29, 1.82) is 0 Å². The van der Waals surface area contributed by atoms with E-state index < -0.39 is 23.0 Å². The third-order valence-corrected chi connectivity index (χ3v) is 8.81. The molecule has 2 aliphatic rings. The molecule has 0 radical (unpaired) electrons. The predicted molar refractivity (Wildman–Crippen MR) is 150 cm³/mol. The third kappa shape index (κ3) is 5.10. The van der Waals surface area contributed by atoms with Crippen LogP contribution in [0.2, 0.25) is 5.02 Å². The molecule has 4 aromatic rings. The lowest BCUT2D eigenvalue weighted by Gasteiger charge is -2.22. The molecule has 1 aliphatic heterocycles. The van der Waals surface area contributed by atoms with Gasteiger partial charge in [0, 0.05) is 29.1 Å². The number of furan rings is 1. The molecular formula is C28H26BClN2O6S. The van der Waals surface area contributed by atoms with E-state index in [0.717, 1.165) is 35.1 Å². The smallest absolute Gasteiger partial charge is 0.455 e. The molecule has 0 saturated heterocycles. The summed E-state index contributed by atoms with van der Waals surface area (Å²) in [5.41, 5.74) is 11.4. The topological polar surface area (TPSA) is 123 Å². The van der Waals surface area contributed by atoms with Crippen molar-refractivity contribution in [1.82, 2.24) is 4.31 Å². The SMILES string of the molecule is CS(=O)(=O)N(Cc1ccc2c(c1)COB2O)Cc1cc2oc(-c3ccc(Cl)cc3)c(C(N)=O)c2cc1C1CC1. The van der Waals surface area contributed by atoms with Crippen molar-refractivity contribution in [2.24, 2.45) is 5.73 Å². The molecule has 11 heteroatoms. The first-order valence-corrected chi connectivity index (χ1v) is 14.8. The second kappa shape index (κ2) is 9.80. The van der Waals surface area contributed by atoms with Crippen LogP contribution in [0.15, 0.2) is 59.0 Å². The van der Waals surface area contributed by atoms with Crippen molar-refractivity contribution in [3.8, 4) is 11.3 Å². The fourth-order valence-corrected chi connectivity index (χ4v) is 6.11. The summed E-state index contributed by atoms with van der Waals surface area (Å²) < 4.78 is 38.7. The second-order valence-corrected chi connectivity index (χ2v) is 12.6. The third-order valence-electron chi connectivity index (χ3n) is 7.36. The van der Waals surface area contributed by atoms with Gasteiger partial charge in [-0.15, -0.1) is 0 Å². The highest BCUT2D eigenvalue weighted by Gasteiger charge is 2.31. The minimum absolute atomic E-state index is 0.139. The van der Waals surface area contributed by atoms with E-state index in [1.54, 1.807) is 30.3 Å². The monoisotopic (exact) mass is 564 g/mol. The average Bonchev–Trinajstić information content (AvgIpc) is 3.57. The molecule has 3 aromatic carbocycles. The molecule has 6 rings (SSSR count). The van der Waals surface area contributed by atoms with Gasteiger partial charge in [-0.3, -0.25) is 4.79 Å². The number of fused-ring (bicyclic) bond motifs is 2. The van der Waals surface area contributed by atoms with Crippen LogP contribution >= 0.6 is 11.6 Å². The Kier molecular flexibility index (Phi) is 6.56. The molecule has 0 bridgehead atoms. The fraction of sp³-hybridized carbons (Fsp3) is 0.250. The molecule has 1 fully saturated rings. The van der Waals surface area contributed by atoms with Crippen LogP contribution in [-0.2, 0) is 34.4 Å². The van der Waals surface area contributed by atoms with Crippen LogP contribution in [0.3, 0.4) is 0 Å². The first-order valence-electron chi connectivity index (χ1n) is 12.6. The molecule has 2 heterocycles. The molecule has 1 saturated carbocycles. The summed E-state index contributed by atoms with van der Waals surface area (Å²) in [7, 11) is -4.54. The quantitative estimate of drug-likeness (QED) is 0.313. The number of primary amides is 1. The molecule has 39 heavy (non-hydrogen) atoms. The zero-order chi connectivity index (χ0) is 27.5. The van der Waals surface area contributed by atoms with Gasteiger partial charge >= 0.3 is 7.12 Å². The van der Waals surface area contributed by atoms with Crippen LogP contribution in [0.4, 0.5) is 0 Å². The largest absolute Gasteiger partial charge is 0.491 e. The van der Waals surface area contributed by atoms with Gasteiger partial charge in [-0.2, -0.15) is 4.31 Å². The Morgan fingerprint density at radius 3 is 2.54 bits per heavy atom. The van der Waals surface area contributed by atoms with E-state index in [4.69, 9.17) is 26.4 Å². The molecular weight excluding hydrogens is 539 g/mol. The summed E-state index contributed by atoms with van der Waals surface area (Å²) in [5, 5.41) is 11.1. The molecule has 0 unspecified atom stereocenters. The summed E-state index contributed by atoms with van der Waals surface area (Å²) in [4.78, 5) is 12.6. The fourth-order valence-electron chi connectivity index (χ4n) is 5.23. The van der Waals surface area contributed by atoms with Crippen LogP contribution in [-0.4, -0.2) is 37.0 Å². The van der Waals surface area contributed by atoms with Gasteiger partial charge in [-0.05, 0) is 82.9 Å². The Labute approximate surface area is 231 Å². The highest BCUT2D eigenvalue weighted by Crippen LogP contribution is 2.45. The zero-order valence-electron chi connectivity index (χ0n) is 21.2. The lowest BCUT2D eigenvalue weighted by Crippen LogP contribution is -2.30. The van der Waals surface area contributed by atoms with E-state index in [2.05, 4.69) is 0 Å². The van der Waals surface area contributed by atoms with Crippen LogP contribution in [0, 0.1) is 0 Å². The Balaban J connectivity index is 1.41. The molecule has 1 aromatic heterocycles. The predicted octanol–water partition coefficient (Wildman–Crippen LogP) is 3.91. The van der Waals surface area contributed by atoms with Crippen LogP contribution in [0.25, 0.3) is 22.3 Å². The first kappa shape index (κ1) is 26.1. The van der Waals surface area contributed by atoms with Crippen molar-refractivity contribution >= 4 is 51.1 Å². The van der Waals surface area contributed by atoms with E-state index >= 15 is 0 Å². The number of carbonyl (C=O) groups excluding carboxylic acids is 1. The van der Waals surface area contributed by atoms with E-state index in [1.165, 1.54) is 10.6 Å². The number of nitrogens with two attached hydrogens (primary N) is 1. The van der Waals surface area contributed by atoms with Gasteiger partial charge in [0.1, 0.15) is 11.3 Å². The Morgan fingerprint density at radius 2 is 1.87 bits per heavy atom. The van der Waals surface area contributed by atoms with Gasteiger partial charge in [0.05, 0.1) is 18.4 Å². The number of carbonyl (C=O) groups is 1. The van der Waals surface area contributed by atoms with Gasteiger partial charge in [-0.25, -0.2) is 8.42 Å². The number of hydrogen-bond donors (Lipinski definition) is 2. The maximum atomic E-state index is 12.9. The van der Waals surface area contributed by atoms with Gasteiger partial charge in [0.2, 0.25) is 10.0 Å². The minimum atomic E-state index is -3.59. The second-order valence-electron chi connectivity index (χ2n) is 10.2. The number of sulfonamides is 1. The number of amides is 1. The zero-order valence-corrected chi connectivity index (χ0v) is 22.8. The minimum Gasteiger partial charge on any atom is -0.455 e. The number of halogens is 1. The summed E-state index contributed by atoms with van der Waals surface area (Å²) in [6.07, 6.45) is 3.16. The summed E-state index contributed by atoms with van der Waals surface area (Å²) >= 11 is 6.05. The van der Waals surface area contributed by atoms with Crippen molar-refractivity contribution < 1.29 is 27.3 Å². The lowest BCUT2D eigenvalue weighted by atomic mass is 9.79. The highest BCUT2D eigenvalue weighted by atomic mass is 35.5. The van der Waals surface area contributed by atoms with E-state index in [0.29, 0.717) is 38.3 Å². The van der Waals surface area contributed by atoms with Crippen molar-refractivity contribution in [3.63, 3.8) is 0 Å². The Morgan fingerprint density at radius 1 is 1.13 bits per heavy atom. The first-order chi connectivity index (χ1) is 18.6. The maximum Gasteiger partial charge on any atom is 0.491 e. The summed E-state index contributed by atoms with van der Waals surface area (Å²) in [6.45, 7) is 0.577. The average molecular weight is 565 g/mol. The van der Waals surface area contributed by atoms with Crippen molar-refractivity contribution in [2.45, 2.75) is 38.5 Å². The molecule has 1 aliphatic carbocycles. The number of benzene rings is 3. The van der Waals surface area contributed by atoms with Gasteiger partial charge in [-0.1, -0.05) is 29.8 Å². The molecule has 200 valence electrons. The van der Waals surface area contributed by atoms with E-state index in [1.807, 2.05) is 24.3 Å². The number of rotatable bonds is 8. The number of nitrogens with zero attached hydrogens (tertiary/aromatic N) is 1. The summed E-state index contributed by atoms with van der Waals surface area (Å²) in [5.74, 6) is 0.0336. The Hall–Kier alpha value is -3.15. The van der Waals surface area contributed by atoms with Crippen molar-refractivity contribution in [2.75, 3.05) is 6.26 Å². The highest BCUT2D eigenvalue weighted by molar-refractivity contribution is 7.88. The van der Waals surface area contributed by atoms with Gasteiger partial charge < -0.3 is 19.8 Å². The summed E-state index contributed by atoms with van der Waals surface area (Å²) in [6, 6.07) is 16.2. The molecule has 3 N–H and O–H groups in total. The maximum absolute atomic E-state index is 12.9. The normalized spacial score (nSPS) is 15.3. The van der Waals surface area contributed by atoms with Crippen LogP contribution < -0.4 is 11.2 Å². The molecule has 8 nitrogen and oxygen atoms in total. The van der Waals surface area contributed by atoms with E-state index in [-0.39, 0.29) is 25.6 Å². The van der Waals surface area contributed by atoms with Crippen LogP contribution in [0.1, 0.15) is 51.4 Å². The molecule has 1 amide bonds. The van der Waals surface area contributed by atoms with Crippen molar-refractivity contribution in [3.05, 3.63) is 87.4 Å². The molecule has 0 atom stereocenters. The van der Waals surface area contributed by atoms with Crippen LogP contribution in [0.5, 0.6) is 0 Å². The van der Waals surface area contributed by atoms with Gasteiger partial charge in [0.25, 0.3) is 5.91 Å². The van der Waals surface area contributed by atoms with Gasteiger partial charge in [0.15, 0.2) is 0 Å².